The van der Waals surface area contributed by atoms with E-state index in [2.05, 4.69) is 20.8 Å². The molecule has 0 N–H and O–H groups in total. The van der Waals surface area contributed by atoms with Crippen molar-refractivity contribution in [1.82, 2.24) is 0 Å². The summed E-state index contributed by atoms with van der Waals surface area (Å²) in [6.07, 6.45) is 4.50. The molecule has 0 aromatic carbocycles. The lowest BCUT2D eigenvalue weighted by Crippen LogP contribution is -1.66. The van der Waals surface area contributed by atoms with Crippen LogP contribution in [0, 0.1) is 5.92 Å². The van der Waals surface area contributed by atoms with Gasteiger partial charge in [-0.1, -0.05) is 67.7 Å². The van der Waals surface area contributed by atoms with Gasteiger partial charge in [-0.2, -0.15) is 0 Å². The molecule has 0 heterocycles. The third-order valence-corrected chi connectivity index (χ3v) is 0.354. The van der Waals surface area contributed by atoms with Gasteiger partial charge >= 0.3 is 0 Å². The van der Waals surface area contributed by atoms with Gasteiger partial charge in [0.15, 0.2) is 0 Å². The predicted octanol–water partition coefficient (Wildman–Crippen LogP) is 4.89. The second-order valence-corrected chi connectivity index (χ2v) is 2.79. The van der Waals surface area contributed by atoms with E-state index in [9.17, 15) is 0 Å². The fraction of sp³-hybridized carbons (Fsp3) is 1.00. The van der Waals surface area contributed by atoms with Crippen LogP contribution in [0.5, 0.6) is 0 Å². The van der Waals surface area contributed by atoms with Gasteiger partial charge in [0, 0.05) is 0 Å². The summed E-state index contributed by atoms with van der Waals surface area (Å²) >= 11 is 0. The van der Waals surface area contributed by atoms with Crippen molar-refractivity contribution in [2.24, 2.45) is 5.92 Å². The second-order valence-electron chi connectivity index (χ2n) is 2.79. The van der Waals surface area contributed by atoms with Crippen LogP contribution < -0.4 is 0 Å². The van der Waals surface area contributed by atoms with Gasteiger partial charge in [-0.05, 0) is 5.92 Å². The van der Waals surface area contributed by atoms with Gasteiger partial charge < -0.3 is 0 Å². The van der Waals surface area contributed by atoms with E-state index in [1.54, 1.807) is 0 Å². The molecule has 0 aromatic heterocycles. The van der Waals surface area contributed by atoms with Crippen LogP contribution in [0.2, 0.25) is 0 Å². The third-order valence-electron chi connectivity index (χ3n) is 0.354. The predicted molar refractivity (Wildman–Crippen MR) is 57.1 cm³/mol. The SMILES string of the molecule is C1CC1.CC.CC.CC(C)C. The van der Waals surface area contributed by atoms with Gasteiger partial charge in [-0.25, -0.2) is 0 Å². The Kier molecular flexibility index (Phi) is 35.2. The first kappa shape index (κ1) is 17.2. The lowest BCUT2D eigenvalue weighted by molar-refractivity contribution is 0.737. The van der Waals surface area contributed by atoms with Crippen LogP contribution in [0.3, 0.4) is 0 Å². The minimum atomic E-state index is 0.833. The third kappa shape index (κ3) is 640. The Hall–Kier alpha value is 0. The molecule has 0 heteroatoms. The molecule has 0 amide bonds. The highest BCUT2D eigenvalue weighted by atomic mass is 14.0. The van der Waals surface area contributed by atoms with Gasteiger partial charge in [0.05, 0.1) is 0 Å². The molecule has 0 aromatic rings. The Labute approximate surface area is 74.4 Å². The summed E-state index contributed by atoms with van der Waals surface area (Å²) in [6.45, 7) is 14.5. The first-order valence-electron chi connectivity index (χ1n) is 5.23. The van der Waals surface area contributed by atoms with Gasteiger partial charge in [0.25, 0.3) is 0 Å². The van der Waals surface area contributed by atoms with E-state index in [0.29, 0.717) is 0 Å². The van der Waals surface area contributed by atoms with E-state index in [1.165, 1.54) is 19.3 Å². The summed E-state index contributed by atoms with van der Waals surface area (Å²) in [5.74, 6) is 0.833. The smallest absolute Gasteiger partial charge is 0.0500 e. The van der Waals surface area contributed by atoms with Gasteiger partial charge in [-0.15, -0.1) is 0 Å². The molecular formula is C11H28. The summed E-state index contributed by atoms with van der Waals surface area (Å²) < 4.78 is 0. The molecule has 1 fully saturated rings. The summed E-state index contributed by atoms with van der Waals surface area (Å²) in [4.78, 5) is 0. The highest BCUT2D eigenvalue weighted by molar-refractivity contribution is 4.50. The normalized spacial score (nSPS) is 10.9. The largest absolute Gasteiger partial charge is 0.0683 e. The highest BCUT2D eigenvalue weighted by Crippen LogP contribution is 2.14. The van der Waals surface area contributed by atoms with E-state index in [-0.39, 0.29) is 0 Å². The minimum absolute atomic E-state index is 0.833. The molecule has 1 aliphatic carbocycles. The fourth-order valence-electron chi connectivity index (χ4n) is 0. The van der Waals surface area contributed by atoms with Crippen molar-refractivity contribution in [3.05, 3.63) is 0 Å². The van der Waals surface area contributed by atoms with Crippen LogP contribution in [0.25, 0.3) is 0 Å². The van der Waals surface area contributed by atoms with E-state index in [4.69, 9.17) is 0 Å². The molecule has 1 aliphatic rings. The molecule has 0 nitrogen and oxygen atoms in total. The molecular weight excluding hydrogens is 132 g/mol. The molecule has 1 rings (SSSR count). The fourth-order valence-corrected chi connectivity index (χ4v) is 0. The second kappa shape index (κ2) is 22.5. The van der Waals surface area contributed by atoms with Crippen LogP contribution >= 0.6 is 0 Å². The van der Waals surface area contributed by atoms with Gasteiger partial charge in [-0.3, -0.25) is 0 Å². The van der Waals surface area contributed by atoms with E-state index in [0.717, 1.165) is 5.92 Å². The molecule has 0 saturated heterocycles. The summed E-state index contributed by atoms with van der Waals surface area (Å²) in [6, 6.07) is 0. The molecule has 0 radical (unpaired) electrons. The molecule has 0 spiro atoms. The highest BCUT2D eigenvalue weighted by Gasteiger charge is 1.95. The van der Waals surface area contributed by atoms with Crippen molar-refractivity contribution in [2.75, 3.05) is 0 Å². The Balaban J connectivity index is -0.0000000821. The van der Waals surface area contributed by atoms with Crippen molar-refractivity contribution >= 4 is 0 Å². The molecule has 11 heavy (non-hydrogen) atoms. The quantitative estimate of drug-likeness (QED) is 0.473. The lowest BCUT2D eigenvalue weighted by Gasteiger charge is -1.79. The topological polar surface area (TPSA) is 0 Å². The maximum absolute atomic E-state index is 2.17. The van der Waals surface area contributed by atoms with Crippen molar-refractivity contribution in [2.45, 2.75) is 67.7 Å². The number of hydrogen-bond donors (Lipinski definition) is 0. The first-order valence-corrected chi connectivity index (χ1v) is 5.23. The maximum atomic E-state index is 2.17. The zero-order valence-corrected chi connectivity index (χ0v) is 9.70. The first-order chi connectivity index (χ1) is 5.23. The van der Waals surface area contributed by atoms with Gasteiger partial charge in [0.1, 0.15) is 0 Å². The van der Waals surface area contributed by atoms with Crippen LogP contribution in [-0.2, 0) is 0 Å². The maximum Gasteiger partial charge on any atom is -0.0500 e. The van der Waals surface area contributed by atoms with E-state index >= 15 is 0 Å². The molecule has 0 bridgehead atoms. The van der Waals surface area contributed by atoms with E-state index < -0.39 is 0 Å². The summed E-state index contributed by atoms with van der Waals surface area (Å²) in [7, 11) is 0. The zero-order valence-electron chi connectivity index (χ0n) is 9.70. The average molecular weight is 160 g/mol. The Morgan fingerprint density at radius 2 is 0.727 bits per heavy atom. The van der Waals surface area contributed by atoms with Crippen molar-refractivity contribution < 1.29 is 0 Å². The van der Waals surface area contributed by atoms with Crippen LogP contribution in [0.1, 0.15) is 67.7 Å². The monoisotopic (exact) mass is 160 g/mol. The zero-order chi connectivity index (χ0) is 9.70. The van der Waals surface area contributed by atoms with Crippen LogP contribution in [-0.4, -0.2) is 0 Å². The Bertz CT molecular complexity index is 21.5. The summed E-state index contributed by atoms with van der Waals surface area (Å²) in [5.41, 5.74) is 0. The standard InChI is InChI=1S/C4H10.C3H6.2C2H6/c1-4(2)3;1-2-3-1;2*1-2/h4H,1-3H3;1-3H2;2*1-2H3. The number of hydrogen-bond acceptors (Lipinski definition) is 0. The van der Waals surface area contributed by atoms with Crippen LogP contribution in [0.4, 0.5) is 0 Å². The number of rotatable bonds is 0. The Morgan fingerprint density at radius 3 is 0.727 bits per heavy atom. The van der Waals surface area contributed by atoms with E-state index in [1.807, 2.05) is 27.7 Å². The molecule has 0 unspecified atom stereocenters. The minimum Gasteiger partial charge on any atom is -0.0683 e. The summed E-state index contributed by atoms with van der Waals surface area (Å²) in [5, 5.41) is 0. The van der Waals surface area contributed by atoms with Crippen LogP contribution in [0.15, 0.2) is 0 Å². The van der Waals surface area contributed by atoms with Gasteiger partial charge in [0.2, 0.25) is 0 Å². The molecule has 0 aliphatic heterocycles. The average Bonchev–Trinajstić information content (AvgIpc) is 2.79. The molecule has 1 saturated carbocycles. The van der Waals surface area contributed by atoms with Crippen molar-refractivity contribution in [1.29, 1.82) is 0 Å². The molecule has 72 valence electrons. The molecule has 0 atom stereocenters. The van der Waals surface area contributed by atoms with Crippen molar-refractivity contribution in [3.63, 3.8) is 0 Å². The van der Waals surface area contributed by atoms with Crippen molar-refractivity contribution in [3.8, 4) is 0 Å². The Morgan fingerprint density at radius 1 is 0.636 bits per heavy atom. The lowest BCUT2D eigenvalue weighted by atomic mass is 10.3.